The molecule has 0 radical (unpaired) electrons. The lowest BCUT2D eigenvalue weighted by Gasteiger charge is -2.28. The first-order valence-electron chi connectivity index (χ1n) is 7.54. The van der Waals surface area contributed by atoms with Crippen molar-refractivity contribution in [2.24, 2.45) is 11.8 Å². The van der Waals surface area contributed by atoms with Gasteiger partial charge in [0.05, 0.1) is 5.56 Å². The normalized spacial score (nSPS) is 20.5. The fourth-order valence-corrected chi connectivity index (χ4v) is 2.81. The third-order valence-corrected chi connectivity index (χ3v) is 4.12. The number of amides is 1. The van der Waals surface area contributed by atoms with E-state index in [9.17, 15) is 18.0 Å². The van der Waals surface area contributed by atoms with Gasteiger partial charge in [-0.3, -0.25) is 4.79 Å². The van der Waals surface area contributed by atoms with Crippen molar-refractivity contribution in [1.82, 2.24) is 5.32 Å². The topological polar surface area (TPSA) is 41.1 Å². The first-order valence-corrected chi connectivity index (χ1v) is 7.54. The molecular formula is C16H21F3N2O. The zero-order chi connectivity index (χ0) is 16.2. The summed E-state index contributed by atoms with van der Waals surface area (Å²) < 4.78 is 37.9. The van der Waals surface area contributed by atoms with Crippen LogP contribution in [0.25, 0.3) is 0 Å². The highest BCUT2D eigenvalue weighted by Gasteiger charge is 2.30. The second-order valence-corrected chi connectivity index (χ2v) is 5.91. The smallest absolute Gasteiger partial charge is 0.326 e. The molecule has 122 valence electrons. The molecule has 0 spiro atoms. The van der Waals surface area contributed by atoms with Gasteiger partial charge in [-0.25, -0.2) is 0 Å². The van der Waals surface area contributed by atoms with Crippen LogP contribution in [0.15, 0.2) is 24.3 Å². The van der Waals surface area contributed by atoms with Crippen LogP contribution in [0.1, 0.15) is 31.7 Å². The van der Waals surface area contributed by atoms with Gasteiger partial charge >= 0.3 is 6.18 Å². The van der Waals surface area contributed by atoms with Gasteiger partial charge in [-0.15, -0.1) is 0 Å². The maximum Gasteiger partial charge on any atom is 0.416 e. The molecule has 1 aliphatic rings. The van der Waals surface area contributed by atoms with Gasteiger partial charge in [0.2, 0.25) is 5.91 Å². The fourth-order valence-electron chi connectivity index (χ4n) is 2.81. The second kappa shape index (κ2) is 7.13. The highest BCUT2D eigenvalue weighted by Crippen LogP contribution is 2.31. The Bertz CT molecular complexity index is 510. The van der Waals surface area contributed by atoms with Gasteiger partial charge in [-0.1, -0.05) is 13.0 Å². The molecule has 6 heteroatoms. The van der Waals surface area contributed by atoms with Crippen LogP contribution in [0.4, 0.5) is 18.9 Å². The summed E-state index contributed by atoms with van der Waals surface area (Å²) in [6, 6.07) is 4.73. The standard InChI is InChI=1S/C16H21F3N2O/c1-11(12-4-3-7-20-10-12)8-15(22)21-14-6-2-5-13(9-14)16(17,18)19/h2,5-6,9,11-12,20H,3-4,7-8,10H2,1H3,(H,21,22). The van der Waals surface area contributed by atoms with Crippen molar-refractivity contribution >= 4 is 11.6 Å². The van der Waals surface area contributed by atoms with Crippen LogP contribution in [0.2, 0.25) is 0 Å². The number of alkyl halides is 3. The largest absolute Gasteiger partial charge is 0.416 e. The van der Waals surface area contributed by atoms with Crippen molar-refractivity contribution in [3.8, 4) is 0 Å². The Labute approximate surface area is 128 Å². The van der Waals surface area contributed by atoms with Gasteiger partial charge in [0.25, 0.3) is 0 Å². The number of carbonyl (C=O) groups excluding carboxylic acids is 1. The van der Waals surface area contributed by atoms with Gasteiger partial charge in [-0.05, 0) is 56.0 Å². The Morgan fingerprint density at radius 2 is 2.23 bits per heavy atom. The number of benzene rings is 1. The Morgan fingerprint density at radius 3 is 2.86 bits per heavy atom. The number of carbonyl (C=O) groups is 1. The molecule has 0 aromatic heterocycles. The Hall–Kier alpha value is -1.56. The molecule has 1 aromatic rings. The summed E-state index contributed by atoms with van der Waals surface area (Å²) in [5, 5.41) is 5.87. The quantitative estimate of drug-likeness (QED) is 0.890. The van der Waals surface area contributed by atoms with E-state index in [-0.39, 0.29) is 17.5 Å². The van der Waals surface area contributed by atoms with Gasteiger partial charge in [-0.2, -0.15) is 13.2 Å². The highest BCUT2D eigenvalue weighted by atomic mass is 19.4. The molecule has 1 heterocycles. The maximum atomic E-state index is 12.6. The van der Waals surface area contributed by atoms with E-state index in [1.807, 2.05) is 6.92 Å². The lowest BCUT2D eigenvalue weighted by atomic mass is 9.85. The first kappa shape index (κ1) is 16.8. The molecular weight excluding hydrogens is 293 g/mol. The molecule has 2 unspecified atom stereocenters. The van der Waals surface area contributed by atoms with E-state index in [0.717, 1.165) is 38.1 Å². The number of piperidine rings is 1. The number of rotatable bonds is 4. The molecule has 22 heavy (non-hydrogen) atoms. The molecule has 1 saturated heterocycles. The van der Waals surface area contributed by atoms with Crippen molar-refractivity contribution in [2.75, 3.05) is 18.4 Å². The molecule has 1 aromatic carbocycles. The number of hydrogen-bond acceptors (Lipinski definition) is 2. The summed E-state index contributed by atoms with van der Waals surface area (Å²) in [6.07, 6.45) is -1.89. The average molecular weight is 314 g/mol. The zero-order valence-electron chi connectivity index (χ0n) is 12.5. The van der Waals surface area contributed by atoms with Crippen molar-refractivity contribution in [3.05, 3.63) is 29.8 Å². The predicted molar refractivity (Wildman–Crippen MR) is 79.4 cm³/mol. The molecule has 1 amide bonds. The van der Waals surface area contributed by atoms with E-state index in [1.54, 1.807) is 0 Å². The predicted octanol–water partition coefficient (Wildman–Crippen LogP) is 3.67. The number of nitrogens with one attached hydrogen (secondary N) is 2. The Balaban J connectivity index is 1.91. The van der Waals surface area contributed by atoms with Gasteiger partial charge in [0.15, 0.2) is 0 Å². The minimum atomic E-state index is -4.40. The molecule has 1 aliphatic heterocycles. The van der Waals surface area contributed by atoms with Crippen LogP contribution in [0.5, 0.6) is 0 Å². The van der Waals surface area contributed by atoms with Gasteiger partial charge in [0.1, 0.15) is 0 Å². The van der Waals surface area contributed by atoms with Gasteiger partial charge < -0.3 is 10.6 Å². The molecule has 2 atom stereocenters. The van der Waals surface area contributed by atoms with Crippen molar-refractivity contribution < 1.29 is 18.0 Å². The summed E-state index contributed by atoms with van der Waals surface area (Å²) in [4.78, 5) is 12.0. The minimum absolute atomic E-state index is 0.189. The van der Waals surface area contributed by atoms with Crippen LogP contribution in [-0.4, -0.2) is 19.0 Å². The molecule has 0 saturated carbocycles. The lowest BCUT2D eigenvalue weighted by molar-refractivity contribution is -0.137. The summed E-state index contributed by atoms with van der Waals surface area (Å²) in [5.74, 6) is 0.414. The summed E-state index contributed by atoms with van der Waals surface area (Å²) in [6.45, 7) is 3.93. The summed E-state index contributed by atoms with van der Waals surface area (Å²) in [7, 11) is 0. The summed E-state index contributed by atoms with van der Waals surface area (Å²) >= 11 is 0. The number of hydrogen-bond donors (Lipinski definition) is 2. The molecule has 3 nitrogen and oxygen atoms in total. The van der Waals surface area contributed by atoms with E-state index in [0.29, 0.717) is 12.3 Å². The highest BCUT2D eigenvalue weighted by molar-refractivity contribution is 5.90. The van der Waals surface area contributed by atoms with E-state index >= 15 is 0 Å². The summed E-state index contributed by atoms with van der Waals surface area (Å²) in [5.41, 5.74) is -0.566. The number of halogens is 3. The minimum Gasteiger partial charge on any atom is -0.326 e. The number of anilines is 1. The van der Waals surface area contributed by atoms with Crippen LogP contribution in [0, 0.1) is 11.8 Å². The maximum absolute atomic E-state index is 12.6. The van der Waals surface area contributed by atoms with Crippen molar-refractivity contribution in [1.29, 1.82) is 0 Å². The monoisotopic (exact) mass is 314 g/mol. The van der Waals surface area contributed by atoms with Gasteiger partial charge in [0, 0.05) is 12.1 Å². The third-order valence-electron chi connectivity index (χ3n) is 4.12. The van der Waals surface area contributed by atoms with Crippen molar-refractivity contribution in [3.63, 3.8) is 0 Å². The molecule has 2 rings (SSSR count). The van der Waals surface area contributed by atoms with Crippen LogP contribution in [0.3, 0.4) is 0 Å². The second-order valence-electron chi connectivity index (χ2n) is 5.91. The molecule has 1 fully saturated rings. The fraction of sp³-hybridized carbons (Fsp3) is 0.562. The Kier molecular flexibility index (Phi) is 5.45. The molecule has 2 N–H and O–H groups in total. The third kappa shape index (κ3) is 4.73. The van der Waals surface area contributed by atoms with Crippen LogP contribution >= 0.6 is 0 Å². The average Bonchev–Trinajstić information content (AvgIpc) is 2.47. The van der Waals surface area contributed by atoms with Crippen LogP contribution in [-0.2, 0) is 11.0 Å². The van der Waals surface area contributed by atoms with Crippen LogP contribution < -0.4 is 10.6 Å². The Morgan fingerprint density at radius 1 is 1.45 bits per heavy atom. The SMILES string of the molecule is CC(CC(=O)Nc1cccc(C(F)(F)F)c1)C1CCCNC1. The molecule has 0 aliphatic carbocycles. The zero-order valence-corrected chi connectivity index (χ0v) is 12.5. The van der Waals surface area contributed by atoms with E-state index in [1.165, 1.54) is 12.1 Å². The van der Waals surface area contributed by atoms with E-state index in [4.69, 9.17) is 0 Å². The lowest BCUT2D eigenvalue weighted by Crippen LogP contribution is -2.34. The first-order chi connectivity index (χ1) is 10.4. The molecule has 0 bridgehead atoms. The van der Waals surface area contributed by atoms with E-state index in [2.05, 4.69) is 10.6 Å². The van der Waals surface area contributed by atoms with E-state index < -0.39 is 11.7 Å². The van der Waals surface area contributed by atoms with Crippen molar-refractivity contribution in [2.45, 2.75) is 32.4 Å².